The largest absolute Gasteiger partial charge is 0.352 e. The van der Waals surface area contributed by atoms with E-state index in [4.69, 9.17) is 0 Å². The summed E-state index contributed by atoms with van der Waals surface area (Å²) in [6.45, 7) is 3.71. The van der Waals surface area contributed by atoms with E-state index in [1.165, 1.54) is 0 Å². The predicted molar refractivity (Wildman–Crippen MR) is 108 cm³/mol. The third kappa shape index (κ3) is 7.25. The fraction of sp³-hybridized carbons (Fsp3) is 0.300. The summed E-state index contributed by atoms with van der Waals surface area (Å²) < 4.78 is 26.4. The summed E-state index contributed by atoms with van der Waals surface area (Å²) in [4.78, 5) is 24.0. The van der Waals surface area contributed by atoms with E-state index in [1.54, 1.807) is 0 Å². The molecular formula is C20H24ClF2N3O2. The van der Waals surface area contributed by atoms with E-state index in [1.807, 2.05) is 31.2 Å². The summed E-state index contributed by atoms with van der Waals surface area (Å²) in [7, 11) is 0. The standard InChI is InChI=1S/C20H23F2N3O2.ClH/c1-2-23-13-14-6-3-4-7-18(14)25-19(26)8-5-11-24-20(27)16-10-9-15(21)12-17(16)22;/h3-4,6-7,9-10,12,23H,2,5,8,11,13H2,1H3,(H,24,27)(H,25,26);1H. The lowest BCUT2D eigenvalue weighted by atomic mass is 10.1. The molecule has 0 radical (unpaired) electrons. The van der Waals surface area contributed by atoms with Crippen molar-refractivity contribution >= 4 is 29.9 Å². The van der Waals surface area contributed by atoms with Crippen molar-refractivity contribution in [3.8, 4) is 0 Å². The number of hydrogen-bond acceptors (Lipinski definition) is 3. The van der Waals surface area contributed by atoms with Crippen LogP contribution in [0.5, 0.6) is 0 Å². The number of carbonyl (C=O) groups excluding carboxylic acids is 2. The van der Waals surface area contributed by atoms with Gasteiger partial charge in [0.1, 0.15) is 11.6 Å². The van der Waals surface area contributed by atoms with E-state index < -0.39 is 17.5 Å². The van der Waals surface area contributed by atoms with Gasteiger partial charge in [-0.2, -0.15) is 0 Å². The van der Waals surface area contributed by atoms with Gasteiger partial charge in [-0.05, 0) is 36.7 Å². The normalized spacial score (nSPS) is 10.1. The van der Waals surface area contributed by atoms with Crippen LogP contribution in [0.1, 0.15) is 35.7 Å². The number of nitrogens with one attached hydrogen (secondary N) is 3. The smallest absolute Gasteiger partial charge is 0.254 e. The van der Waals surface area contributed by atoms with Crippen LogP contribution in [0.15, 0.2) is 42.5 Å². The van der Waals surface area contributed by atoms with Crippen molar-refractivity contribution in [1.29, 1.82) is 0 Å². The molecule has 5 nitrogen and oxygen atoms in total. The second-order valence-electron chi connectivity index (χ2n) is 5.97. The Morgan fingerprint density at radius 3 is 2.54 bits per heavy atom. The zero-order chi connectivity index (χ0) is 19.6. The summed E-state index contributed by atoms with van der Waals surface area (Å²) in [5, 5.41) is 8.60. The van der Waals surface area contributed by atoms with Gasteiger partial charge in [0.2, 0.25) is 5.91 Å². The molecule has 0 aliphatic carbocycles. The molecule has 8 heteroatoms. The summed E-state index contributed by atoms with van der Waals surface area (Å²) in [5.41, 5.74) is 1.52. The molecule has 0 saturated carbocycles. The molecule has 0 saturated heterocycles. The molecule has 0 fully saturated rings. The topological polar surface area (TPSA) is 70.2 Å². The average molecular weight is 412 g/mol. The van der Waals surface area contributed by atoms with Gasteiger partial charge in [-0.15, -0.1) is 12.4 Å². The highest BCUT2D eigenvalue weighted by Gasteiger charge is 2.12. The Hall–Kier alpha value is -2.51. The Bertz CT molecular complexity index is 803. The monoisotopic (exact) mass is 411 g/mol. The van der Waals surface area contributed by atoms with Crippen LogP contribution in [0.3, 0.4) is 0 Å². The van der Waals surface area contributed by atoms with Gasteiger partial charge < -0.3 is 16.0 Å². The molecular weight excluding hydrogens is 388 g/mol. The highest BCUT2D eigenvalue weighted by Crippen LogP contribution is 2.15. The molecule has 2 rings (SSSR count). The molecule has 0 aliphatic heterocycles. The van der Waals surface area contributed by atoms with Crippen LogP contribution in [0.2, 0.25) is 0 Å². The molecule has 2 amide bonds. The van der Waals surface area contributed by atoms with Crippen LogP contribution >= 0.6 is 12.4 Å². The maximum Gasteiger partial charge on any atom is 0.254 e. The molecule has 0 bridgehead atoms. The molecule has 2 aromatic rings. The number of halogens is 3. The van der Waals surface area contributed by atoms with Crippen molar-refractivity contribution in [3.05, 3.63) is 65.2 Å². The molecule has 28 heavy (non-hydrogen) atoms. The fourth-order valence-electron chi connectivity index (χ4n) is 2.49. The predicted octanol–water partition coefficient (Wildman–Crippen LogP) is 3.64. The Kier molecular flexibility index (Phi) is 10.1. The number of hydrogen-bond donors (Lipinski definition) is 3. The first kappa shape index (κ1) is 23.5. The second-order valence-corrected chi connectivity index (χ2v) is 5.97. The van der Waals surface area contributed by atoms with Gasteiger partial charge in [0.05, 0.1) is 5.56 Å². The zero-order valence-electron chi connectivity index (χ0n) is 15.6. The zero-order valence-corrected chi connectivity index (χ0v) is 16.4. The Morgan fingerprint density at radius 2 is 1.82 bits per heavy atom. The number of anilines is 1. The van der Waals surface area contributed by atoms with Crippen molar-refractivity contribution in [2.75, 3.05) is 18.4 Å². The van der Waals surface area contributed by atoms with E-state index in [-0.39, 0.29) is 36.8 Å². The van der Waals surface area contributed by atoms with Crippen LogP contribution < -0.4 is 16.0 Å². The number of carbonyl (C=O) groups is 2. The third-order valence-corrected chi connectivity index (χ3v) is 3.90. The number of benzene rings is 2. The SMILES string of the molecule is CCNCc1ccccc1NC(=O)CCCNC(=O)c1ccc(F)cc1F.Cl. The highest BCUT2D eigenvalue weighted by molar-refractivity contribution is 5.94. The van der Waals surface area contributed by atoms with E-state index in [0.29, 0.717) is 19.0 Å². The maximum atomic E-state index is 13.5. The first-order valence-electron chi connectivity index (χ1n) is 8.83. The lowest BCUT2D eigenvalue weighted by Gasteiger charge is -2.11. The lowest BCUT2D eigenvalue weighted by Crippen LogP contribution is -2.26. The van der Waals surface area contributed by atoms with Gasteiger partial charge in [-0.25, -0.2) is 8.78 Å². The van der Waals surface area contributed by atoms with Gasteiger partial charge in [0.15, 0.2) is 0 Å². The molecule has 152 valence electrons. The van der Waals surface area contributed by atoms with Crippen LogP contribution in [0.25, 0.3) is 0 Å². The molecule has 0 heterocycles. The van der Waals surface area contributed by atoms with Gasteiger partial charge in [0, 0.05) is 31.3 Å². The third-order valence-electron chi connectivity index (χ3n) is 3.90. The fourth-order valence-corrected chi connectivity index (χ4v) is 2.49. The van der Waals surface area contributed by atoms with Gasteiger partial charge in [-0.3, -0.25) is 9.59 Å². The first-order chi connectivity index (χ1) is 13.0. The Morgan fingerprint density at radius 1 is 1.07 bits per heavy atom. The number of para-hydroxylation sites is 1. The summed E-state index contributed by atoms with van der Waals surface area (Å²) in [6.07, 6.45) is 0.609. The first-order valence-corrected chi connectivity index (χ1v) is 8.83. The van der Waals surface area contributed by atoms with Gasteiger partial charge in [0.25, 0.3) is 5.91 Å². The molecule has 2 aromatic carbocycles. The number of amides is 2. The molecule has 0 unspecified atom stereocenters. The Balaban J connectivity index is 0.00000392. The highest BCUT2D eigenvalue weighted by atomic mass is 35.5. The second kappa shape index (κ2) is 12.0. The van der Waals surface area contributed by atoms with Crippen molar-refractivity contribution in [2.24, 2.45) is 0 Å². The minimum Gasteiger partial charge on any atom is -0.352 e. The van der Waals surface area contributed by atoms with E-state index >= 15 is 0 Å². The Labute approximate surface area is 169 Å². The summed E-state index contributed by atoms with van der Waals surface area (Å²) in [6, 6.07) is 10.3. The summed E-state index contributed by atoms with van der Waals surface area (Å²) >= 11 is 0. The van der Waals surface area contributed by atoms with Crippen LogP contribution in [0.4, 0.5) is 14.5 Å². The van der Waals surface area contributed by atoms with E-state index in [9.17, 15) is 18.4 Å². The van der Waals surface area contributed by atoms with Gasteiger partial charge in [-0.1, -0.05) is 25.1 Å². The minimum atomic E-state index is -0.914. The van der Waals surface area contributed by atoms with Crippen molar-refractivity contribution < 1.29 is 18.4 Å². The average Bonchev–Trinajstić information content (AvgIpc) is 2.64. The van der Waals surface area contributed by atoms with E-state index in [0.717, 1.165) is 29.9 Å². The van der Waals surface area contributed by atoms with Gasteiger partial charge >= 0.3 is 0 Å². The number of rotatable bonds is 9. The van der Waals surface area contributed by atoms with Crippen LogP contribution in [0, 0.1) is 11.6 Å². The molecule has 0 aromatic heterocycles. The lowest BCUT2D eigenvalue weighted by molar-refractivity contribution is -0.116. The molecule has 0 spiro atoms. The van der Waals surface area contributed by atoms with Crippen molar-refractivity contribution in [1.82, 2.24) is 10.6 Å². The molecule has 0 atom stereocenters. The van der Waals surface area contributed by atoms with Crippen LogP contribution in [-0.2, 0) is 11.3 Å². The molecule has 3 N–H and O–H groups in total. The minimum absolute atomic E-state index is 0. The summed E-state index contributed by atoms with van der Waals surface area (Å²) in [5.74, 6) is -2.46. The van der Waals surface area contributed by atoms with E-state index in [2.05, 4.69) is 16.0 Å². The quantitative estimate of drug-likeness (QED) is 0.552. The molecule has 0 aliphatic rings. The van der Waals surface area contributed by atoms with Crippen molar-refractivity contribution in [2.45, 2.75) is 26.3 Å². The van der Waals surface area contributed by atoms with Crippen molar-refractivity contribution in [3.63, 3.8) is 0 Å². The maximum absolute atomic E-state index is 13.5. The van der Waals surface area contributed by atoms with Crippen LogP contribution in [-0.4, -0.2) is 24.9 Å².